The van der Waals surface area contributed by atoms with Gasteiger partial charge in [0.25, 0.3) is 0 Å². The van der Waals surface area contributed by atoms with Crippen LogP contribution < -0.4 is 0 Å². The Labute approximate surface area is 450 Å². The van der Waals surface area contributed by atoms with Crippen LogP contribution in [-0.4, -0.2) is 74.9 Å². The number of ether oxygens (including phenoxy) is 2. The van der Waals surface area contributed by atoms with E-state index >= 15 is 0 Å². The number of allylic oxidation sites excluding steroid dienone is 12. The van der Waals surface area contributed by atoms with Crippen LogP contribution in [0.4, 0.5) is 0 Å². The number of likely N-dealkylation sites (N-methyl/N-ethyl adjacent to an activating group) is 1. The summed E-state index contributed by atoms with van der Waals surface area (Å²) in [6.45, 7) is 4.34. The van der Waals surface area contributed by atoms with Gasteiger partial charge in [0.15, 0.2) is 6.10 Å². The minimum atomic E-state index is -4.39. The zero-order valence-corrected chi connectivity index (χ0v) is 49.0. The van der Waals surface area contributed by atoms with Crippen molar-refractivity contribution in [1.29, 1.82) is 0 Å². The second kappa shape index (κ2) is 54.2. The lowest BCUT2D eigenvalue weighted by Gasteiger charge is -2.24. The predicted molar refractivity (Wildman–Crippen MR) is 312 cm³/mol. The van der Waals surface area contributed by atoms with Gasteiger partial charge in [-0.05, 0) is 64.2 Å². The highest BCUT2D eigenvalue weighted by molar-refractivity contribution is 7.47. The first-order valence-corrected chi connectivity index (χ1v) is 31.7. The molecule has 0 aliphatic rings. The Morgan fingerprint density at radius 1 is 0.438 bits per heavy atom. The number of rotatable bonds is 55. The number of hydrogen-bond donors (Lipinski definition) is 1. The zero-order valence-electron chi connectivity index (χ0n) is 48.1. The van der Waals surface area contributed by atoms with E-state index in [4.69, 9.17) is 18.5 Å². The van der Waals surface area contributed by atoms with E-state index in [1.807, 2.05) is 21.1 Å². The lowest BCUT2D eigenvalue weighted by molar-refractivity contribution is -0.870. The van der Waals surface area contributed by atoms with Crippen LogP contribution in [0.1, 0.15) is 264 Å². The van der Waals surface area contributed by atoms with Gasteiger partial charge in [0.05, 0.1) is 27.7 Å². The first-order chi connectivity index (χ1) is 35.5. The van der Waals surface area contributed by atoms with Crippen LogP contribution in [0.3, 0.4) is 0 Å². The minimum absolute atomic E-state index is 0.0284. The molecule has 9 nitrogen and oxygen atoms in total. The Bertz CT molecular complexity index is 1460. The van der Waals surface area contributed by atoms with Crippen molar-refractivity contribution in [3.05, 3.63) is 72.9 Å². The normalized spacial score (nSPS) is 13.8. The molecule has 0 aromatic carbocycles. The van der Waals surface area contributed by atoms with Crippen molar-refractivity contribution in [1.82, 2.24) is 0 Å². The number of quaternary nitrogens is 1. The van der Waals surface area contributed by atoms with Crippen molar-refractivity contribution >= 4 is 19.8 Å². The fraction of sp³-hybridized carbons (Fsp3) is 0.778. The third-order valence-corrected chi connectivity index (χ3v) is 14.0. The van der Waals surface area contributed by atoms with E-state index in [2.05, 4.69) is 86.8 Å². The number of unbranched alkanes of at least 4 members (excludes halogenated alkanes) is 29. The van der Waals surface area contributed by atoms with Gasteiger partial charge in [0.2, 0.25) is 0 Å². The van der Waals surface area contributed by atoms with E-state index in [1.165, 1.54) is 148 Å². The number of esters is 2. The predicted octanol–water partition coefficient (Wildman–Crippen LogP) is 18.9. The summed E-state index contributed by atoms with van der Waals surface area (Å²) in [5, 5.41) is 0. The van der Waals surface area contributed by atoms with Crippen LogP contribution >= 0.6 is 7.82 Å². The minimum Gasteiger partial charge on any atom is -0.462 e. The van der Waals surface area contributed by atoms with E-state index in [-0.39, 0.29) is 32.0 Å². The number of hydrogen-bond acceptors (Lipinski definition) is 7. The van der Waals surface area contributed by atoms with Crippen molar-refractivity contribution in [2.24, 2.45) is 0 Å². The third-order valence-electron chi connectivity index (χ3n) is 13.0. The summed E-state index contributed by atoms with van der Waals surface area (Å²) in [4.78, 5) is 35.7. The molecule has 424 valence electrons. The van der Waals surface area contributed by atoms with Gasteiger partial charge in [0.1, 0.15) is 19.8 Å². The number of carbonyl (C=O) groups is 2. The van der Waals surface area contributed by atoms with Crippen LogP contribution in [0.15, 0.2) is 72.9 Å². The van der Waals surface area contributed by atoms with Crippen molar-refractivity contribution < 1.29 is 42.1 Å². The van der Waals surface area contributed by atoms with Gasteiger partial charge in [-0.1, -0.05) is 260 Å². The first-order valence-electron chi connectivity index (χ1n) is 30.2. The summed E-state index contributed by atoms with van der Waals surface area (Å²) < 4.78 is 34.6. The zero-order chi connectivity index (χ0) is 53.5. The van der Waals surface area contributed by atoms with Crippen molar-refractivity contribution in [3.8, 4) is 0 Å². The second-order valence-corrected chi connectivity index (χ2v) is 22.8. The molecule has 0 fully saturated rings. The molecule has 0 saturated carbocycles. The van der Waals surface area contributed by atoms with Gasteiger partial charge < -0.3 is 18.9 Å². The molecular weight excluding hydrogens is 930 g/mol. The van der Waals surface area contributed by atoms with Crippen molar-refractivity contribution in [2.45, 2.75) is 270 Å². The topological polar surface area (TPSA) is 108 Å². The Balaban J connectivity index is 4.17. The van der Waals surface area contributed by atoms with Crippen molar-refractivity contribution in [2.75, 3.05) is 47.5 Å². The summed E-state index contributed by atoms with van der Waals surface area (Å²) in [5.41, 5.74) is 0. The molecule has 2 atom stereocenters. The summed E-state index contributed by atoms with van der Waals surface area (Å²) in [6, 6.07) is 0. The highest BCUT2D eigenvalue weighted by Gasteiger charge is 2.27. The molecule has 0 radical (unpaired) electrons. The van der Waals surface area contributed by atoms with Gasteiger partial charge in [-0.2, -0.15) is 0 Å². The summed E-state index contributed by atoms with van der Waals surface area (Å²) in [6.07, 6.45) is 71.1. The SMILES string of the molecule is CC/C=C\C/C=C\C/C=C\C/C=C\C/C=C\C/C=C\CCCCCCCCCCC(=O)OC(COC(=O)CCCCCCCCCCCCCCCCCCCCCCCC)COP(=O)(O)OCC[N+](C)(C)C. The van der Waals surface area contributed by atoms with Crippen LogP contribution in [0.25, 0.3) is 0 Å². The molecule has 0 spiro atoms. The smallest absolute Gasteiger partial charge is 0.462 e. The Morgan fingerprint density at radius 3 is 1.16 bits per heavy atom. The maximum Gasteiger partial charge on any atom is 0.472 e. The molecule has 1 N–H and O–H groups in total. The van der Waals surface area contributed by atoms with E-state index in [1.54, 1.807) is 0 Å². The summed E-state index contributed by atoms with van der Waals surface area (Å²) in [7, 11) is 1.47. The lowest BCUT2D eigenvalue weighted by Crippen LogP contribution is -2.37. The average molecular weight is 1050 g/mol. The maximum absolute atomic E-state index is 12.8. The van der Waals surface area contributed by atoms with Gasteiger partial charge >= 0.3 is 19.8 Å². The molecule has 0 aliphatic heterocycles. The molecule has 73 heavy (non-hydrogen) atoms. The third kappa shape index (κ3) is 58.6. The second-order valence-electron chi connectivity index (χ2n) is 21.4. The number of phosphoric ester groups is 1. The average Bonchev–Trinajstić information content (AvgIpc) is 3.35. The van der Waals surface area contributed by atoms with Gasteiger partial charge in [0, 0.05) is 12.8 Å². The highest BCUT2D eigenvalue weighted by atomic mass is 31.2. The highest BCUT2D eigenvalue weighted by Crippen LogP contribution is 2.43. The van der Waals surface area contributed by atoms with E-state index in [9.17, 15) is 19.0 Å². The van der Waals surface area contributed by atoms with E-state index < -0.39 is 26.5 Å². The maximum atomic E-state index is 12.8. The molecule has 0 amide bonds. The van der Waals surface area contributed by atoms with E-state index in [0.717, 1.165) is 83.5 Å². The quantitative estimate of drug-likeness (QED) is 0.0211. The molecule has 0 aromatic heterocycles. The van der Waals surface area contributed by atoms with Gasteiger partial charge in [-0.25, -0.2) is 4.57 Å². The van der Waals surface area contributed by atoms with E-state index in [0.29, 0.717) is 17.4 Å². The largest absolute Gasteiger partial charge is 0.472 e. The van der Waals surface area contributed by atoms with Crippen LogP contribution in [-0.2, 0) is 32.7 Å². The number of carbonyl (C=O) groups excluding carboxylic acids is 2. The molecule has 0 aromatic rings. The number of nitrogens with zero attached hydrogens (tertiary/aromatic N) is 1. The molecule has 0 saturated heterocycles. The molecular formula is C63H115NO8P+. The van der Waals surface area contributed by atoms with Crippen LogP contribution in [0, 0.1) is 0 Å². The van der Waals surface area contributed by atoms with Crippen LogP contribution in [0.2, 0.25) is 0 Å². The molecule has 0 heterocycles. The first kappa shape index (κ1) is 70.5. The lowest BCUT2D eigenvalue weighted by atomic mass is 10.0. The fourth-order valence-electron chi connectivity index (χ4n) is 8.37. The van der Waals surface area contributed by atoms with Gasteiger partial charge in [-0.3, -0.25) is 18.6 Å². The Kier molecular flexibility index (Phi) is 52.4. The molecule has 2 unspecified atom stereocenters. The van der Waals surface area contributed by atoms with Crippen molar-refractivity contribution in [3.63, 3.8) is 0 Å². The number of phosphoric acid groups is 1. The monoisotopic (exact) mass is 1040 g/mol. The summed E-state index contributed by atoms with van der Waals surface area (Å²) in [5.74, 6) is -0.799. The Morgan fingerprint density at radius 2 is 0.781 bits per heavy atom. The Hall–Kier alpha value is -2.55. The molecule has 0 aliphatic carbocycles. The molecule has 0 rings (SSSR count). The van der Waals surface area contributed by atoms with Gasteiger partial charge in [-0.15, -0.1) is 0 Å². The standard InChI is InChI=1S/C63H114NO8P/c1-6-8-10-12-14-16-18-20-22-24-26-28-30-31-32-33-34-36-38-40-42-44-46-48-50-52-54-56-63(66)72-61(60-71-73(67,68)70-58-57-64(3,4)5)59-69-62(65)55-53-51-49-47-45-43-41-39-37-35-29-27-25-23-21-19-17-15-13-11-9-7-2/h8,10,14,16,20,22,26,28,31-32,34,36,61H,6-7,9,11-13,15,17-19,21,23-25,27,29-30,33,35,37-60H2,1-5H3/p+1/b10-8-,16-14-,22-20-,28-26-,32-31-,36-34-. The fourth-order valence-corrected chi connectivity index (χ4v) is 9.12. The van der Waals surface area contributed by atoms with Crippen LogP contribution in [0.5, 0.6) is 0 Å². The summed E-state index contributed by atoms with van der Waals surface area (Å²) >= 11 is 0. The molecule has 10 heteroatoms. The molecule has 0 bridgehead atoms.